The van der Waals surface area contributed by atoms with Crippen LogP contribution in [0, 0.1) is 6.92 Å². The largest absolute Gasteiger partial charge is 0.383 e. The zero-order valence-electron chi connectivity index (χ0n) is 23.1. The molecule has 2 N–H and O–H groups in total. The van der Waals surface area contributed by atoms with E-state index in [-0.39, 0.29) is 11.8 Å². The second-order valence-electron chi connectivity index (χ2n) is 9.72. The van der Waals surface area contributed by atoms with Crippen LogP contribution < -0.4 is 10.6 Å². The van der Waals surface area contributed by atoms with Crippen molar-refractivity contribution in [3.05, 3.63) is 48.3 Å². The molecule has 0 radical (unpaired) electrons. The molecule has 0 spiro atoms. The number of anilines is 2. The first-order chi connectivity index (χ1) is 18.7. The normalized spacial score (nSPS) is 13.5. The quantitative estimate of drug-likeness (QED) is 0.334. The monoisotopic (exact) mass is 552 g/mol. The van der Waals surface area contributed by atoms with Crippen LogP contribution in [-0.2, 0) is 16.1 Å². The van der Waals surface area contributed by atoms with Crippen molar-refractivity contribution in [2.45, 2.75) is 53.1 Å². The van der Waals surface area contributed by atoms with Crippen LogP contribution in [0.3, 0.4) is 0 Å². The summed E-state index contributed by atoms with van der Waals surface area (Å²) < 4.78 is 8.57. The van der Waals surface area contributed by atoms with E-state index in [4.69, 9.17) is 4.74 Å². The van der Waals surface area contributed by atoms with Crippen molar-refractivity contribution in [2.75, 3.05) is 37.4 Å². The van der Waals surface area contributed by atoms with Crippen LogP contribution in [0.2, 0.25) is 0 Å². The molecule has 11 nitrogen and oxygen atoms in total. The maximum absolute atomic E-state index is 12.9. The number of carbonyl (C=O) groups is 2. The number of fused-ring (bicyclic) bond motifs is 1. The number of nitrogens with one attached hydrogen (secondary N) is 2. The van der Waals surface area contributed by atoms with Crippen molar-refractivity contribution in [1.29, 1.82) is 0 Å². The highest BCUT2D eigenvalue weighted by molar-refractivity contribution is 7.21. The molecule has 1 aliphatic heterocycles. The lowest BCUT2D eigenvalue weighted by atomic mass is 10.2. The Kier molecular flexibility index (Phi) is 9.44. The van der Waals surface area contributed by atoms with Gasteiger partial charge < -0.3 is 20.3 Å². The molecule has 4 aromatic heterocycles. The summed E-state index contributed by atoms with van der Waals surface area (Å²) in [5, 5.41) is 14.2. The Balaban J connectivity index is 0.000000379. The lowest BCUT2D eigenvalue weighted by Crippen LogP contribution is -2.26. The number of pyridine rings is 1. The number of aryl methyl sites for hydroxylation is 1. The minimum absolute atomic E-state index is 0.210. The highest BCUT2D eigenvalue weighted by Crippen LogP contribution is 2.30. The molecule has 0 aliphatic carbocycles. The van der Waals surface area contributed by atoms with Gasteiger partial charge in [0.15, 0.2) is 0 Å². The van der Waals surface area contributed by atoms with Gasteiger partial charge in [0.25, 0.3) is 5.91 Å². The number of rotatable bonds is 8. The van der Waals surface area contributed by atoms with E-state index in [0.29, 0.717) is 35.8 Å². The second kappa shape index (κ2) is 13.0. The minimum Gasteiger partial charge on any atom is -0.383 e. The molecule has 2 amide bonds. The third-order valence-corrected chi connectivity index (χ3v) is 7.57. The summed E-state index contributed by atoms with van der Waals surface area (Å²) in [5.41, 5.74) is 3.07. The van der Waals surface area contributed by atoms with Gasteiger partial charge in [-0.2, -0.15) is 10.2 Å². The highest BCUT2D eigenvalue weighted by atomic mass is 32.1. The smallest absolute Gasteiger partial charge is 0.260 e. The Bertz CT molecular complexity index is 1420. The Labute approximate surface area is 232 Å². The van der Waals surface area contributed by atoms with E-state index in [9.17, 15) is 9.59 Å². The van der Waals surface area contributed by atoms with Crippen molar-refractivity contribution >= 4 is 39.4 Å². The zero-order valence-corrected chi connectivity index (χ0v) is 23.9. The van der Waals surface area contributed by atoms with Gasteiger partial charge >= 0.3 is 0 Å². The van der Waals surface area contributed by atoms with E-state index in [1.807, 2.05) is 17.1 Å². The second-order valence-corrected chi connectivity index (χ2v) is 10.7. The molecule has 1 saturated heterocycles. The molecular formula is C27H36N8O3S. The van der Waals surface area contributed by atoms with Gasteiger partial charge in [0.2, 0.25) is 5.91 Å². The average Bonchev–Trinajstić information content (AvgIpc) is 3.69. The third kappa shape index (κ3) is 7.28. The fourth-order valence-corrected chi connectivity index (χ4v) is 5.29. The molecule has 0 atom stereocenters. The number of hydrogen-bond acceptors (Lipinski definition) is 8. The first-order valence-electron chi connectivity index (χ1n) is 13.0. The van der Waals surface area contributed by atoms with E-state index in [0.717, 1.165) is 21.3 Å². The van der Waals surface area contributed by atoms with Gasteiger partial charge in [-0.1, -0.05) is 0 Å². The molecule has 5 rings (SSSR count). The van der Waals surface area contributed by atoms with Crippen molar-refractivity contribution in [3.8, 4) is 10.4 Å². The summed E-state index contributed by atoms with van der Waals surface area (Å²) in [6.07, 6.45) is 11.5. The van der Waals surface area contributed by atoms with Crippen molar-refractivity contribution in [3.63, 3.8) is 0 Å². The van der Waals surface area contributed by atoms with E-state index >= 15 is 0 Å². The number of ether oxygens (including phenoxy) is 1. The van der Waals surface area contributed by atoms with Gasteiger partial charge in [-0.05, 0) is 52.8 Å². The molecule has 0 unspecified atom stereocenters. The predicted molar refractivity (Wildman–Crippen MR) is 153 cm³/mol. The van der Waals surface area contributed by atoms with Gasteiger partial charge in [0.05, 0.1) is 59.3 Å². The number of amides is 2. The summed E-state index contributed by atoms with van der Waals surface area (Å²) >= 11 is 1.46. The number of carbonyl (C=O) groups excluding carboxylic acids is 2. The average molecular weight is 553 g/mol. The number of aromatic nitrogens is 5. The van der Waals surface area contributed by atoms with Crippen LogP contribution >= 0.6 is 11.3 Å². The predicted octanol–water partition coefficient (Wildman–Crippen LogP) is 4.31. The Morgan fingerprint density at radius 1 is 1.10 bits per heavy atom. The standard InChI is InChI=1S/C20H21N7O3S.C7H15N/c1-12-17(6-15(8-21-12)24-13(2)28)25-19(29)16-9-23-27-11-18(31-20(16)27)14-7-22-26(10-14)4-5-30-3;1-7(2)8-5-3-4-6-8/h6-11H,4-5H2,1-3H3,(H,24,28)(H,25,29);7H,3-6H2,1-2H3. The third-order valence-electron chi connectivity index (χ3n) is 6.41. The maximum Gasteiger partial charge on any atom is 0.260 e. The van der Waals surface area contributed by atoms with Crippen LogP contribution in [0.4, 0.5) is 11.4 Å². The van der Waals surface area contributed by atoms with Crippen LogP contribution in [0.1, 0.15) is 49.7 Å². The van der Waals surface area contributed by atoms with Gasteiger partial charge in [0, 0.05) is 38.0 Å². The fraction of sp³-hybridized carbons (Fsp3) is 0.444. The molecule has 1 fully saturated rings. The van der Waals surface area contributed by atoms with E-state index in [1.165, 1.54) is 50.4 Å². The minimum atomic E-state index is -0.302. The van der Waals surface area contributed by atoms with Crippen LogP contribution in [0.25, 0.3) is 15.3 Å². The SMILES string of the molecule is CC(C)N1CCCC1.COCCn1cc(-c2cn3ncc(C(=O)Nc4cc(NC(C)=O)cnc4C)c3s2)cn1. The fourth-order valence-electron chi connectivity index (χ4n) is 4.25. The molecule has 39 heavy (non-hydrogen) atoms. The highest BCUT2D eigenvalue weighted by Gasteiger charge is 2.18. The summed E-state index contributed by atoms with van der Waals surface area (Å²) in [6, 6.07) is 2.45. The van der Waals surface area contributed by atoms with Gasteiger partial charge in [-0.3, -0.25) is 19.3 Å². The molecule has 0 aromatic carbocycles. The molecule has 12 heteroatoms. The number of likely N-dealkylation sites (tertiary alicyclic amines) is 1. The molecule has 1 aliphatic rings. The van der Waals surface area contributed by atoms with E-state index < -0.39 is 0 Å². The molecule has 0 bridgehead atoms. The van der Waals surface area contributed by atoms with Crippen LogP contribution in [0.15, 0.2) is 37.1 Å². The summed E-state index contributed by atoms with van der Waals surface area (Å²) in [6.45, 7) is 11.6. The van der Waals surface area contributed by atoms with E-state index in [1.54, 1.807) is 37.0 Å². The van der Waals surface area contributed by atoms with Crippen molar-refractivity contribution in [2.24, 2.45) is 0 Å². The van der Waals surface area contributed by atoms with Crippen molar-refractivity contribution in [1.82, 2.24) is 29.3 Å². The van der Waals surface area contributed by atoms with Crippen LogP contribution in [-0.4, -0.2) is 73.9 Å². The van der Waals surface area contributed by atoms with Gasteiger partial charge in [-0.25, -0.2) is 4.52 Å². The number of methoxy groups -OCH3 is 1. The molecule has 0 saturated carbocycles. The van der Waals surface area contributed by atoms with Gasteiger partial charge in [0.1, 0.15) is 4.83 Å². The zero-order chi connectivity index (χ0) is 27.9. The molecule has 208 valence electrons. The topological polar surface area (TPSA) is 119 Å². The van der Waals surface area contributed by atoms with Gasteiger partial charge in [-0.15, -0.1) is 11.3 Å². The van der Waals surface area contributed by atoms with Crippen LogP contribution in [0.5, 0.6) is 0 Å². The molecule has 5 heterocycles. The van der Waals surface area contributed by atoms with Crippen molar-refractivity contribution < 1.29 is 14.3 Å². The molecular weight excluding hydrogens is 516 g/mol. The summed E-state index contributed by atoms with van der Waals surface area (Å²) in [4.78, 5) is 32.7. The lowest BCUT2D eigenvalue weighted by Gasteiger charge is -2.18. The van der Waals surface area contributed by atoms with E-state index in [2.05, 4.69) is 44.6 Å². The lowest BCUT2D eigenvalue weighted by molar-refractivity contribution is -0.114. The first kappa shape index (κ1) is 28.4. The number of nitrogens with zero attached hydrogens (tertiary/aromatic N) is 6. The first-order valence-corrected chi connectivity index (χ1v) is 13.9. The Morgan fingerprint density at radius 3 is 2.54 bits per heavy atom. The summed E-state index contributed by atoms with van der Waals surface area (Å²) in [7, 11) is 1.65. The maximum atomic E-state index is 12.9. The summed E-state index contributed by atoms with van der Waals surface area (Å²) in [5.74, 6) is -0.512. The Morgan fingerprint density at radius 2 is 1.87 bits per heavy atom. The number of hydrogen-bond donors (Lipinski definition) is 2. The number of thiazole rings is 1. The molecule has 4 aromatic rings. The Hall–Kier alpha value is -3.61.